The van der Waals surface area contributed by atoms with Gasteiger partial charge in [0.15, 0.2) is 12.3 Å². The summed E-state index contributed by atoms with van der Waals surface area (Å²) < 4.78 is 2.67. The van der Waals surface area contributed by atoms with E-state index in [4.69, 9.17) is 0 Å². The van der Waals surface area contributed by atoms with Crippen LogP contribution in [0.2, 0.25) is 0 Å². The van der Waals surface area contributed by atoms with Crippen molar-refractivity contribution in [3.63, 3.8) is 0 Å². The van der Waals surface area contributed by atoms with E-state index in [1.807, 2.05) is 0 Å². The van der Waals surface area contributed by atoms with Crippen molar-refractivity contribution in [2.24, 2.45) is 5.92 Å². The molecule has 1 aliphatic heterocycles. The molecule has 1 heterocycles. The normalized spacial score (nSPS) is 18.8. The first kappa shape index (κ1) is 14.7. The fourth-order valence-corrected chi connectivity index (χ4v) is 4.36. The van der Waals surface area contributed by atoms with Gasteiger partial charge in [-0.3, -0.25) is 0 Å². The summed E-state index contributed by atoms with van der Waals surface area (Å²) in [5.41, 5.74) is 6.15. The Kier molecular flexibility index (Phi) is 4.28. The van der Waals surface area contributed by atoms with E-state index in [2.05, 4.69) is 59.2 Å². The highest BCUT2D eigenvalue weighted by Crippen LogP contribution is 2.30. The summed E-state index contributed by atoms with van der Waals surface area (Å²) in [4.78, 5) is 0. The van der Waals surface area contributed by atoms with Gasteiger partial charge in [-0.1, -0.05) is 67.8 Å². The van der Waals surface area contributed by atoms with Crippen LogP contribution in [0.15, 0.2) is 54.6 Å². The summed E-state index contributed by atoms with van der Waals surface area (Å²) in [6, 6.07) is 20.1. The van der Waals surface area contributed by atoms with Crippen molar-refractivity contribution in [3.05, 3.63) is 71.3 Å². The highest BCUT2D eigenvalue weighted by atomic mass is 15.0. The Hall–Kier alpha value is -1.89. The number of benzene rings is 2. The zero-order valence-corrected chi connectivity index (χ0v) is 13.9. The SMILES string of the molecule is c1ccc(C[N+]2=C(C3CCCCC3)c3ccccc3CC2)cc1. The lowest BCUT2D eigenvalue weighted by molar-refractivity contribution is -0.547. The minimum atomic E-state index is 0.758. The van der Waals surface area contributed by atoms with Crippen LogP contribution in [-0.2, 0) is 13.0 Å². The van der Waals surface area contributed by atoms with Crippen molar-refractivity contribution in [1.82, 2.24) is 0 Å². The minimum Gasteiger partial charge on any atom is -0.228 e. The summed E-state index contributed by atoms with van der Waals surface area (Å²) in [6.07, 6.45) is 8.14. The molecule has 1 heteroatoms. The monoisotopic (exact) mass is 304 g/mol. The lowest BCUT2D eigenvalue weighted by Gasteiger charge is -2.27. The van der Waals surface area contributed by atoms with Crippen LogP contribution in [0, 0.1) is 5.92 Å². The number of hydrogen-bond donors (Lipinski definition) is 0. The number of rotatable bonds is 3. The molecule has 0 N–H and O–H groups in total. The number of hydrogen-bond acceptors (Lipinski definition) is 0. The second kappa shape index (κ2) is 6.70. The van der Waals surface area contributed by atoms with Gasteiger partial charge in [0.25, 0.3) is 0 Å². The number of nitrogens with zero attached hydrogens (tertiary/aromatic N) is 1. The van der Waals surface area contributed by atoms with Gasteiger partial charge in [-0.25, -0.2) is 4.58 Å². The van der Waals surface area contributed by atoms with Gasteiger partial charge in [-0.15, -0.1) is 0 Å². The lowest BCUT2D eigenvalue weighted by atomic mass is 9.80. The standard InChI is InChI=1S/C22H26N/c1-3-9-18(10-4-1)17-23-16-15-19-11-7-8-14-21(19)22(23)20-12-5-2-6-13-20/h1,3-4,7-11,14,20H,2,5-6,12-13,15-17H2/q+1. The van der Waals surface area contributed by atoms with Crippen molar-refractivity contribution in [1.29, 1.82) is 0 Å². The van der Waals surface area contributed by atoms with E-state index in [9.17, 15) is 0 Å². The van der Waals surface area contributed by atoms with Gasteiger partial charge in [0.1, 0.15) is 6.54 Å². The molecule has 0 unspecified atom stereocenters. The Morgan fingerprint density at radius 1 is 0.826 bits per heavy atom. The molecule has 0 spiro atoms. The van der Waals surface area contributed by atoms with Crippen molar-refractivity contribution in [2.75, 3.05) is 6.54 Å². The molecule has 0 bridgehead atoms. The fourth-order valence-electron chi connectivity index (χ4n) is 4.36. The molecule has 23 heavy (non-hydrogen) atoms. The van der Waals surface area contributed by atoms with E-state index >= 15 is 0 Å². The summed E-state index contributed by atoms with van der Waals surface area (Å²) in [6.45, 7) is 2.22. The van der Waals surface area contributed by atoms with Gasteiger partial charge < -0.3 is 0 Å². The van der Waals surface area contributed by atoms with E-state index in [1.165, 1.54) is 49.7 Å². The third-order valence-electron chi connectivity index (χ3n) is 5.49. The van der Waals surface area contributed by atoms with Gasteiger partial charge in [-0.05, 0) is 24.5 Å². The second-order valence-corrected chi connectivity index (χ2v) is 7.03. The average Bonchev–Trinajstić information content (AvgIpc) is 2.63. The van der Waals surface area contributed by atoms with Crippen molar-refractivity contribution >= 4 is 5.71 Å². The Morgan fingerprint density at radius 2 is 1.57 bits per heavy atom. The van der Waals surface area contributed by atoms with Crippen molar-refractivity contribution in [3.8, 4) is 0 Å². The average molecular weight is 304 g/mol. The van der Waals surface area contributed by atoms with Crippen LogP contribution >= 0.6 is 0 Å². The molecule has 2 aromatic rings. The molecule has 4 rings (SSSR count). The minimum absolute atomic E-state index is 0.758. The topological polar surface area (TPSA) is 3.01 Å². The van der Waals surface area contributed by atoms with E-state index < -0.39 is 0 Å². The molecule has 0 amide bonds. The molecule has 0 radical (unpaired) electrons. The first-order valence-corrected chi connectivity index (χ1v) is 9.16. The van der Waals surface area contributed by atoms with Gasteiger partial charge in [-0.2, -0.15) is 0 Å². The quantitative estimate of drug-likeness (QED) is 0.715. The summed E-state index contributed by atoms with van der Waals surface area (Å²) in [5.74, 6) is 0.758. The van der Waals surface area contributed by atoms with Crippen LogP contribution < -0.4 is 0 Å². The maximum absolute atomic E-state index is 2.67. The molecular formula is C22H26N+. The second-order valence-electron chi connectivity index (χ2n) is 7.03. The number of fused-ring (bicyclic) bond motifs is 1. The van der Waals surface area contributed by atoms with Crippen LogP contribution in [0.5, 0.6) is 0 Å². The molecule has 1 fully saturated rings. The molecule has 2 aliphatic rings. The third-order valence-corrected chi connectivity index (χ3v) is 5.49. The van der Waals surface area contributed by atoms with Crippen molar-refractivity contribution < 1.29 is 4.58 Å². The molecule has 118 valence electrons. The van der Waals surface area contributed by atoms with Gasteiger partial charge in [0.05, 0.1) is 0 Å². The maximum Gasteiger partial charge on any atom is 0.186 e. The predicted octanol–water partition coefficient (Wildman–Crippen LogP) is 4.82. The molecule has 2 aromatic carbocycles. The first-order valence-electron chi connectivity index (χ1n) is 9.16. The summed E-state index contributed by atoms with van der Waals surface area (Å²) in [7, 11) is 0. The highest BCUT2D eigenvalue weighted by molar-refractivity contribution is 6.00. The predicted molar refractivity (Wildman–Crippen MR) is 96.1 cm³/mol. The van der Waals surface area contributed by atoms with Gasteiger partial charge in [0.2, 0.25) is 0 Å². The Morgan fingerprint density at radius 3 is 2.39 bits per heavy atom. The smallest absolute Gasteiger partial charge is 0.186 e. The third kappa shape index (κ3) is 3.10. The van der Waals surface area contributed by atoms with E-state index in [0.29, 0.717) is 0 Å². The Labute approximate surface area is 139 Å². The molecule has 1 saturated carbocycles. The fraction of sp³-hybridized carbons (Fsp3) is 0.409. The van der Waals surface area contributed by atoms with Gasteiger partial charge >= 0.3 is 0 Å². The summed E-state index contributed by atoms with van der Waals surface area (Å²) >= 11 is 0. The van der Waals surface area contributed by atoms with E-state index in [1.54, 1.807) is 11.3 Å². The van der Waals surface area contributed by atoms with Gasteiger partial charge in [0, 0.05) is 23.5 Å². The first-order chi connectivity index (χ1) is 11.4. The lowest BCUT2D eigenvalue weighted by Crippen LogP contribution is -2.35. The zero-order chi connectivity index (χ0) is 15.5. The molecular weight excluding hydrogens is 278 g/mol. The summed E-state index contributed by atoms with van der Waals surface area (Å²) in [5, 5.41) is 0. The van der Waals surface area contributed by atoms with Crippen LogP contribution in [0.4, 0.5) is 0 Å². The van der Waals surface area contributed by atoms with E-state index in [0.717, 1.165) is 19.0 Å². The molecule has 1 aliphatic carbocycles. The largest absolute Gasteiger partial charge is 0.228 e. The van der Waals surface area contributed by atoms with Crippen LogP contribution in [0.25, 0.3) is 0 Å². The van der Waals surface area contributed by atoms with Crippen LogP contribution in [0.1, 0.15) is 48.8 Å². The van der Waals surface area contributed by atoms with E-state index in [-0.39, 0.29) is 0 Å². The molecule has 0 aromatic heterocycles. The Balaban J connectivity index is 1.75. The van der Waals surface area contributed by atoms with Crippen LogP contribution in [0.3, 0.4) is 0 Å². The molecule has 1 nitrogen and oxygen atoms in total. The maximum atomic E-state index is 2.67. The van der Waals surface area contributed by atoms with Crippen molar-refractivity contribution in [2.45, 2.75) is 45.1 Å². The Bertz CT molecular complexity index is 693. The zero-order valence-electron chi connectivity index (χ0n) is 13.9. The van der Waals surface area contributed by atoms with Crippen LogP contribution in [-0.4, -0.2) is 16.8 Å². The molecule has 0 atom stereocenters. The highest BCUT2D eigenvalue weighted by Gasteiger charge is 2.32. The molecule has 0 saturated heterocycles.